The van der Waals surface area contributed by atoms with Crippen molar-refractivity contribution in [3.63, 3.8) is 0 Å². The summed E-state index contributed by atoms with van der Waals surface area (Å²) in [5.74, 6) is 2.45. The van der Waals surface area contributed by atoms with Gasteiger partial charge in [-0.05, 0) is 174 Å². The van der Waals surface area contributed by atoms with E-state index < -0.39 is 28.4 Å². The molecule has 6 aromatic rings. The van der Waals surface area contributed by atoms with Crippen molar-refractivity contribution in [3.05, 3.63) is 178 Å². The molecule has 372 valence electrons. The molecular formula is C62H70O9. The monoisotopic (exact) mass is 959 g/mol. The largest absolute Gasteiger partial charge is 0.488 e. The maximum atomic E-state index is 14.5. The molecule has 6 aromatic carbocycles. The van der Waals surface area contributed by atoms with Crippen molar-refractivity contribution in [1.82, 2.24) is 0 Å². The Balaban J connectivity index is 1.07. The highest BCUT2D eigenvalue weighted by molar-refractivity contribution is 6.02. The average Bonchev–Trinajstić information content (AvgIpc) is 3.37. The van der Waals surface area contributed by atoms with Crippen LogP contribution in [0.15, 0.2) is 133 Å². The van der Waals surface area contributed by atoms with Crippen molar-refractivity contribution in [3.8, 4) is 34.5 Å². The van der Waals surface area contributed by atoms with Crippen LogP contribution < -0.4 is 23.7 Å². The van der Waals surface area contributed by atoms with Crippen molar-refractivity contribution < 1.29 is 42.9 Å². The fourth-order valence-corrected chi connectivity index (χ4v) is 8.29. The first-order valence-corrected chi connectivity index (χ1v) is 24.8. The van der Waals surface area contributed by atoms with Gasteiger partial charge in [0.2, 0.25) is 0 Å². The van der Waals surface area contributed by atoms with E-state index in [9.17, 15) is 19.2 Å². The topological polar surface area (TPSA) is 114 Å². The lowest BCUT2D eigenvalue weighted by Crippen LogP contribution is -2.52. The first-order chi connectivity index (χ1) is 33.5. The molecule has 0 aliphatic carbocycles. The first-order valence-electron chi connectivity index (χ1n) is 24.8. The predicted octanol–water partition coefficient (Wildman–Crippen LogP) is 15.7. The van der Waals surface area contributed by atoms with Crippen LogP contribution in [0.2, 0.25) is 0 Å². The SMILES string of the molecule is CCC(C)(C)Oc1ccc(Oc2ccc(OC(=O)c3ccc(C(=O)C(C)(CC)C(C)(CC)Oc4ccc(C(C)c5ccc(OC(=O)c6ccc(C(=O)C(C)(C)CC)cc6)c(C)c5)cc4C)cc3)cc2)cc1. The van der Waals surface area contributed by atoms with Crippen LogP contribution in [0, 0.1) is 24.7 Å². The molecule has 0 radical (unpaired) electrons. The number of ether oxygens (including phenoxy) is 5. The predicted molar refractivity (Wildman–Crippen MR) is 281 cm³/mol. The summed E-state index contributed by atoms with van der Waals surface area (Å²) in [6, 6.07) is 39.5. The molecular weight excluding hydrogens is 889 g/mol. The fourth-order valence-electron chi connectivity index (χ4n) is 8.29. The summed E-state index contributed by atoms with van der Waals surface area (Å²) in [5, 5.41) is 0. The zero-order valence-electron chi connectivity index (χ0n) is 43.8. The number of rotatable bonds is 21. The summed E-state index contributed by atoms with van der Waals surface area (Å²) in [5.41, 5.74) is 3.07. The van der Waals surface area contributed by atoms with Crippen molar-refractivity contribution in [2.45, 2.75) is 133 Å². The Bertz CT molecular complexity index is 2840. The smallest absolute Gasteiger partial charge is 0.343 e. The van der Waals surface area contributed by atoms with Crippen LogP contribution >= 0.6 is 0 Å². The zero-order valence-corrected chi connectivity index (χ0v) is 43.8. The molecule has 0 heterocycles. The van der Waals surface area contributed by atoms with E-state index in [0.717, 1.165) is 40.8 Å². The van der Waals surface area contributed by atoms with Gasteiger partial charge in [0, 0.05) is 22.5 Å². The fraction of sp³-hybridized carbons (Fsp3) is 0.355. The van der Waals surface area contributed by atoms with Crippen LogP contribution in [0.5, 0.6) is 34.5 Å². The Labute approximate surface area is 420 Å². The molecule has 0 bridgehead atoms. The molecule has 6 rings (SSSR count). The molecule has 0 amide bonds. The summed E-state index contributed by atoms with van der Waals surface area (Å²) in [4.78, 5) is 53.7. The molecule has 0 saturated carbocycles. The Morgan fingerprint density at radius 2 is 0.887 bits per heavy atom. The Morgan fingerprint density at radius 3 is 1.34 bits per heavy atom. The van der Waals surface area contributed by atoms with Crippen molar-refractivity contribution in [2.24, 2.45) is 10.8 Å². The summed E-state index contributed by atoms with van der Waals surface area (Å²) < 4.78 is 30.4. The molecule has 0 fully saturated rings. The lowest BCUT2D eigenvalue weighted by Gasteiger charge is -2.45. The van der Waals surface area contributed by atoms with E-state index in [1.54, 1.807) is 72.8 Å². The van der Waals surface area contributed by atoms with Crippen LogP contribution in [0.1, 0.15) is 171 Å². The van der Waals surface area contributed by atoms with Crippen LogP contribution in [-0.4, -0.2) is 34.7 Å². The Morgan fingerprint density at radius 1 is 0.451 bits per heavy atom. The third-order valence-corrected chi connectivity index (χ3v) is 14.6. The van der Waals surface area contributed by atoms with Gasteiger partial charge in [-0.25, -0.2) is 9.59 Å². The third kappa shape index (κ3) is 12.3. The van der Waals surface area contributed by atoms with E-state index in [0.29, 0.717) is 63.8 Å². The van der Waals surface area contributed by atoms with Gasteiger partial charge in [-0.15, -0.1) is 0 Å². The summed E-state index contributed by atoms with van der Waals surface area (Å²) in [6.07, 6.45) is 2.68. The van der Waals surface area contributed by atoms with Crippen molar-refractivity contribution in [1.29, 1.82) is 0 Å². The number of carbonyl (C=O) groups excluding carboxylic acids is 4. The minimum atomic E-state index is -0.926. The van der Waals surface area contributed by atoms with E-state index in [-0.39, 0.29) is 23.1 Å². The number of carbonyl (C=O) groups is 4. The van der Waals surface area contributed by atoms with E-state index in [1.165, 1.54) is 0 Å². The van der Waals surface area contributed by atoms with Gasteiger partial charge in [-0.1, -0.05) is 97.0 Å². The van der Waals surface area contributed by atoms with E-state index in [1.807, 2.05) is 125 Å². The summed E-state index contributed by atoms with van der Waals surface area (Å²) >= 11 is 0. The number of ketones is 2. The van der Waals surface area contributed by atoms with Gasteiger partial charge < -0.3 is 23.7 Å². The number of hydrogen-bond acceptors (Lipinski definition) is 9. The van der Waals surface area contributed by atoms with Crippen LogP contribution in [0.3, 0.4) is 0 Å². The van der Waals surface area contributed by atoms with Gasteiger partial charge in [-0.2, -0.15) is 0 Å². The summed E-state index contributed by atoms with van der Waals surface area (Å²) in [6.45, 7) is 26.0. The maximum Gasteiger partial charge on any atom is 0.343 e. The molecule has 9 nitrogen and oxygen atoms in total. The highest BCUT2D eigenvalue weighted by atomic mass is 16.5. The molecule has 71 heavy (non-hydrogen) atoms. The van der Waals surface area contributed by atoms with Gasteiger partial charge in [0.15, 0.2) is 11.6 Å². The second kappa shape index (κ2) is 22.0. The van der Waals surface area contributed by atoms with Gasteiger partial charge in [-0.3, -0.25) is 9.59 Å². The second-order valence-corrected chi connectivity index (χ2v) is 20.2. The standard InChI is InChI=1S/C62H70O9/c1-14-59(8,9)55(63)43-18-22-46(23-19-43)58(66)69-53-36-26-47(38-40(53)5)42(7)48-27-37-54(41(6)39-48)71-62(13,17-4)61(12,16-3)56(64)44-20-24-45(25-21-44)57(65)68-51-30-28-49(29-31-51)67-50-32-34-52(35-33-50)70-60(10,11)15-2/h18-39,42H,14-17H2,1-13H3. The first kappa shape index (κ1) is 53.4. The minimum Gasteiger partial charge on any atom is -0.488 e. The number of hydrogen-bond donors (Lipinski definition) is 0. The minimum absolute atomic E-state index is 0.0119. The van der Waals surface area contributed by atoms with Gasteiger partial charge >= 0.3 is 11.9 Å². The molecule has 0 spiro atoms. The van der Waals surface area contributed by atoms with Gasteiger partial charge in [0.1, 0.15) is 45.7 Å². The molecule has 0 N–H and O–H groups in total. The van der Waals surface area contributed by atoms with Crippen molar-refractivity contribution >= 4 is 23.5 Å². The lowest BCUT2D eigenvalue weighted by atomic mass is 9.66. The molecule has 0 saturated heterocycles. The number of esters is 2. The second-order valence-electron chi connectivity index (χ2n) is 20.2. The summed E-state index contributed by atoms with van der Waals surface area (Å²) in [7, 11) is 0. The molecule has 0 aliphatic rings. The maximum absolute atomic E-state index is 14.5. The lowest BCUT2D eigenvalue weighted by molar-refractivity contribution is -0.0279. The molecule has 3 atom stereocenters. The molecule has 9 heteroatoms. The average molecular weight is 959 g/mol. The Kier molecular flexibility index (Phi) is 16.5. The van der Waals surface area contributed by atoms with Crippen LogP contribution in [0.25, 0.3) is 0 Å². The number of benzene rings is 6. The quantitative estimate of drug-likeness (QED) is 0.0395. The van der Waals surface area contributed by atoms with E-state index in [4.69, 9.17) is 23.7 Å². The van der Waals surface area contributed by atoms with Crippen LogP contribution in [-0.2, 0) is 0 Å². The van der Waals surface area contributed by atoms with E-state index >= 15 is 0 Å². The molecule has 3 unspecified atom stereocenters. The van der Waals surface area contributed by atoms with Crippen LogP contribution in [0.4, 0.5) is 0 Å². The number of Topliss-reactive ketones (excluding diaryl/α,β-unsaturated/α-hetero) is 2. The van der Waals surface area contributed by atoms with Gasteiger partial charge in [0.25, 0.3) is 0 Å². The highest BCUT2D eigenvalue weighted by Gasteiger charge is 2.50. The highest BCUT2D eigenvalue weighted by Crippen LogP contribution is 2.44. The third-order valence-electron chi connectivity index (χ3n) is 14.6. The zero-order chi connectivity index (χ0) is 51.9. The number of aryl methyl sites for hydroxylation is 2. The molecule has 0 aliphatic heterocycles. The van der Waals surface area contributed by atoms with Crippen molar-refractivity contribution in [2.75, 3.05) is 0 Å². The van der Waals surface area contributed by atoms with E-state index in [2.05, 4.69) is 26.0 Å². The van der Waals surface area contributed by atoms with Gasteiger partial charge in [0.05, 0.1) is 16.5 Å². The normalized spacial score (nSPS) is 13.8. The molecule has 0 aromatic heterocycles. The Hall–Kier alpha value is -7.00.